The maximum Gasteiger partial charge on any atom is 0.125 e. The predicted octanol–water partition coefficient (Wildman–Crippen LogP) is 3.19. The van der Waals surface area contributed by atoms with Crippen molar-refractivity contribution in [2.45, 2.75) is 52.2 Å². The number of hydrogen-bond donors (Lipinski definition) is 1. The lowest BCUT2D eigenvalue weighted by molar-refractivity contribution is -0.00384. The van der Waals surface area contributed by atoms with Crippen LogP contribution < -0.4 is 10.5 Å². The summed E-state index contributed by atoms with van der Waals surface area (Å²) in [5.41, 5.74) is 10.2. The summed E-state index contributed by atoms with van der Waals surface area (Å²) in [7, 11) is 0. The second-order valence-electron chi connectivity index (χ2n) is 7.34. The summed E-state index contributed by atoms with van der Waals surface area (Å²) < 4.78 is 6.37. The van der Waals surface area contributed by atoms with Crippen molar-refractivity contribution in [3.63, 3.8) is 0 Å². The van der Waals surface area contributed by atoms with Crippen molar-refractivity contribution in [2.75, 3.05) is 19.6 Å². The molecular formula is C18H28N2O. The van der Waals surface area contributed by atoms with Gasteiger partial charge in [-0.05, 0) is 70.8 Å². The summed E-state index contributed by atoms with van der Waals surface area (Å²) in [4.78, 5) is 2.55. The molecule has 2 unspecified atom stereocenters. The van der Waals surface area contributed by atoms with E-state index >= 15 is 0 Å². The molecule has 2 aliphatic heterocycles. The van der Waals surface area contributed by atoms with Crippen molar-refractivity contribution in [3.05, 3.63) is 28.8 Å². The molecule has 0 saturated carbocycles. The Morgan fingerprint density at radius 1 is 1.24 bits per heavy atom. The molecule has 3 heteroatoms. The molecule has 1 saturated heterocycles. The van der Waals surface area contributed by atoms with E-state index in [0.29, 0.717) is 5.92 Å². The first-order valence-electron chi connectivity index (χ1n) is 8.16. The Hall–Kier alpha value is -1.06. The number of benzene rings is 1. The molecule has 3 nitrogen and oxygen atoms in total. The highest BCUT2D eigenvalue weighted by Gasteiger charge is 2.43. The average molecular weight is 288 g/mol. The van der Waals surface area contributed by atoms with Gasteiger partial charge in [-0.25, -0.2) is 0 Å². The van der Waals surface area contributed by atoms with Crippen LogP contribution in [0.25, 0.3) is 0 Å². The zero-order chi connectivity index (χ0) is 15.2. The second-order valence-corrected chi connectivity index (χ2v) is 7.34. The van der Waals surface area contributed by atoms with Crippen molar-refractivity contribution in [1.82, 2.24) is 4.90 Å². The van der Waals surface area contributed by atoms with Gasteiger partial charge < -0.3 is 15.4 Å². The van der Waals surface area contributed by atoms with Crippen molar-refractivity contribution < 1.29 is 4.74 Å². The van der Waals surface area contributed by atoms with Crippen molar-refractivity contribution in [3.8, 4) is 5.75 Å². The molecule has 2 aliphatic rings. The third kappa shape index (κ3) is 2.69. The van der Waals surface area contributed by atoms with Crippen LogP contribution in [0.1, 0.15) is 49.4 Å². The Bertz CT molecular complexity index is 532. The number of likely N-dealkylation sites (tertiary alicyclic amines) is 1. The number of ether oxygens (including phenoxy) is 1. The number of nitrogens with two attached hydrogens (primary N) is 1. The van der Waals surface area contributed by atoms with Crippen LogP contribution in [0.2, 0.25) is 0 Å². The first-order chi connectivity index (χ1) is 9.88. The van der Waals surface area contributed by atoms with E-state index in [-0.39, 0.29) is 11.6 Å². The first kappa shape index (κ1) is 14.9. The summed E-state index contributed by atoms with van der Waals surface area (Å²) in [6.45, 7) is 12.1. The Labute approximate surface area is 128 Å². The van der Waals surface area contributed by atoms with E-state index in [4.69, 9.17) is 10.5 Å². The molecule has 2 atom stereocenters. The van der Waals surface area contributed by atoms with E-state index < -0.39 is 0 Å². The lowest BCUT2D eigenvalue weighted by atomic mass is 9.77. The van der Waals surface area contributed by atoms with Gasteiger partial charge in [0.2, 0.25) is 0 Å². The topological polar surface area (TPSA) is 38.5 Å². The highest BCUT2D eigenvalue weighted by molar-refractivity contribution is 5.47. The summed E-state index contributed by atoms with van der Waals surface area (Å²) in [6.07, 6.45) is 2.64. The molecule has 0 amide bonds. The van der Waals surface area contributed by atoms with Crippen LogP contribution in [0, 0.1) is 19.8 Å². The monoisotopic (exact) mass is 288 g/mol. The fraction of sp³-hybridized carbons (Fsp3) is 0.667. The molecular weight excluding hydrogens is 260 g/mol. The van der Waals surface area contributed by atoms with Gasteiger partial charge in [0.25, 0.3) is 0 Å². The van der Waals surface area contributed by atoms with E-state index in [1.54, 1.807) is 0 Å². The van der Waals surface area contributed by atoms with Gasteiger partial charge >= 0.3 is 0 Å². The van der Waals surface area contributed by atoms with Crippen LogP contribution in [0.4, 0.5) is 0 Å². The third-order valence-electron chi connectivity index (χ3n) is 5.18. The van der Waals surface area contributed by atoms with Crippen LogP contribution in [-0.2, 0) is 0 Å². The van der Waals surface area contributed by atoms with E-state index in [0.717, 1.165) is 12.3 Å². The standard InChI is InChI=1S/C18H28N2O/c1-12-9-13(2)16-15(10-12)21-18(3,4)14(17(16)19)11-20-7-5-6-8-20/h9-10,14,17H,5-8,11,19H2,1-4H3. The molecule has 116 valence electrons. The number of nitrogens with zero attached hydrogens (tertiary/aromatic N) is 1. The fourth-order valence-corrected chi connectivity index (χ4v) is 4.02. The van der Waals surface area contributed by atoms with Crippen molar-refractivity contribution in [1.29, 1.82) is 0 Å². The lowest BCUT2D eigenvalue weighted by Crippen LogP contribution is -2.51. The first-order valence-corrected chi connectivity index (χ1v) is 8.16. The molecule has 1 fully saturated rings. The molecule has 2 N–H and O–H groups in total. The summed E-state index contributed by atoms with van der Waals surface area (Å²) in [5.74, 6) is 1.33. The molecule has 0 aliphatic carbocycles. The molecule has 21 heavy (non-hydrogen) atoms. The Balaban J connectivity index is 1.94. The van der Waals surface area contributed by atoms with Gasteiger partial charge in [0.05, 0.1) is 0 Å². The Kier molecular flexibility index (Phi) is 3.74. The molecule has 2 heterocycles. The SMILES string of the molecule is Cc1cc(C)c2c(c1)OC(C)(C)C(CN1CCCC1)C2N. The van der Waals surface area contributed by atoms with Crippen molar-refractivity contribution in [2.24, 2.45) is 11.7 Å². The Morgan fingerprint density at radius 3 is 2.57 bits per heavy atom. The van der Waals surface area contributed by atoms with E-state index in [2.05, 4.69) is 44.7 Å². The largest absolute Gasteiger partial charge is 0.487 e. The van der Waals surface area contributed by atoms with Gasteiger partial charge in [0.15, 0.2) is 0 Å². The van der Waals surface area contributed by atoms with Gasteiger partial charge in [0, 0.05) is 24.1 Å². The molecule has 1 aromatic carbocycles. The van der Waals surface area contributed by atoms with Gasteiger partial charge in [-0.3, -0.25) is 0 Å². The third-order valence-corrected chi connectivity index (χ3v) is 5.18. The number of aryl methyl sites for hydroxylation is 2. The molecule has 0 aromatic heterocycles. The maximum atomic E-state index is 6.69. The highest BCUT2D eigenvalue weighted by atomic mass is 16.5. The predicted molar refractivity (Wildman–Crippen MR) is 86.7 cm³/mol. The van der Waals surface area contributed by atoms with Gasteiger partial charge in [-0.1, -0.05) is 6.07 Å². The molecule has 0 radical (unpaired) electrons. The molecule has 0 spiro atoms. The normalized spacial score (nSPS) is 28.2. The van der Waals surface area contributed by atoms with Crippen LogP contribution in [-0.4, -0.2) is 30.1 Å². The van der Waals surface area contributed by atoms with Gasteiger partial charge in [-0.2, -0.15) is 0 Å². The molecule has 0 bridgehead atoms. The summed E-state index contributed by atoms with van der Waals surface area (Å²) in [6, 6.07) is 4.41. The van der Waals surface area contributed by atoms with Crippen LogP contribution >= 0.6 is 0 Å². The summed E-state index contributed by atoms with van der Waals surface area (Å²) in [5, 5.41) is 0. The number of fused-ring (bicyclic) bond motifs is 1. The summed E-state index contributed by atoms with van der Waals surface area (Å²) >= 11 is 0. The van der Waals surface area contributed by atoms with Gasteiger partial charge in [-0.15, -0.1) is 0 Å². The van der Waals surface area contributed by atoms with Crippen LogP contribution in [0.5, 0.6) is 5.75 Å². The van der Waals surface area contributed by atoms with Crippen LogP contribution in [0.3, 0.4) is 0 Å². The quantitative estimate of drug-likeness (QED) is 0.908. The minimum atomic E-state index is -0.213. The zero-order valence-electron chi connectivity index (χ0n) is 13.8. The zero-order valence-corrected chi connectivity index (χ0v) is 13.8. The smallest absolute Gasteiger partial charge is 0.125 e. The average Bonchev–Trinajstić information content (AvgIpc) is 2.85. The van der Waals surface area contributed by atoms with E-state index in [9.17, 15) is 0 Å². The minimum Gasteiger partial charge on any atom is -0.487 e. The van der Waals surface area contributed by atoms with Gasteiger partial charge in [0.1, 0.15) is 11.4 Å². The second kappa shape index (κ2) is 5.29. The fourth-order valence-electron chi connectivity index (χ4n) is 4.02. The van der Waals surface area contributed by atoms with E-state index in [1.807, 2.05) is 0 Å². The molecule has 3 rings (SSSR count). The molecule has 1 aromatic rings. The van der Waals surface area contributed by atoms with E-state index in [1.165, 1.54) is 42.6 Å². The Morgan fingerprint density at radius 2 is 1.90 bits per heavy atom. The minimum absolute atomic E-state index is 0.0601. The van der Waals surface area contributed by atoms with Crippen molar-refractivity contribution >= 4 is 0 Å². The maximum absolute atomic E-state index is 6.69. The van der Waals surface area contributed by atoms with Crippen LogP contribution in [0.15, 0.2) is 12.1 Å². The lowest BCUT2D eigenvalue weighted by Gasteiger charge is -2.45. The number of hydrogen-bond acceptors (Lipinski definition) is 3. The highest BCUT2D eigenvalue weighted by Crippen LogP contribution is 2.44. The number of rotatable bonds is 2.